The lowest BCUT2D eigenvalue weighted by Gasteiger charge is -2.27. The molecule has 1 aromatic heterocycles. The van der Waals surface area contributed by atoms with Gasteiger partial charge in [0.25, 0.3) is 5.56 Å². The van der Waals surface area contributed by atoms with E-state index >= 15 is 0 Å². The summed E-state index contributed by atoms with van der Waals surface area (Å²) in [5.41, 5.74) is 3.48. The molecule has 0 aliphatic rings. The number of rotatable bonds is 8. The molecule has 1 heterocycles. The first-order chi connectivity index (χ1) is 14.9. The molecule has 0 fully saturated rings. The van der Waals surface area contributed by atoms with Crippen molar-refractivity contribution in [3.63, 3.8) is 0 Å². The van der Waals surface area contributed by atoms with Crippen molar-refractivity contribution in [2.75, 3.05) is 39.6 Å². The lowest BCUT2D eigenvalue weighted by molar-refractivity contribution is 0.327. The molecule has 0 aliphatic heterocycles. The number of aryl methyl sites for hydroxylation is 1. The van der Waals surface area contributed by atoms with Crippen molar-refractivity contribution >= 4 is 33.9 Å². The number of fused-ring (bicyclic) bond motifs is 1. The van der Waals surface area contributed by atoms with E-state index in [0.717, 1.165) is 29.6 Å². The van der Waals surface area contributed by atoms with Crippen LogP contribution in [-0.4, -0.2) is 54.2 Å². The van der Waals surface area contributed by atoms with E-state index in [2.05, 4.69) is 28.2 Å². The molecule has 6 nitrogen and oxygen atoms in total. The average molecular weight is 439 g/mol. The Bertz CT molecular complexity index is 1110. The first-order valence-electron chi connectivity index (χ1n) is 10.4. The van der Waals surface area contributed by atoms with Crippen molar-refractivity contribution in [1.82, 2.24) is 14.8 Å². The summed E-state index contributed by atoms with van der Waals surface area (Å²) in [6.45, 7) is 4.02. The standard InChI is InChI=1S/C24H30N4O2S/c1-5-17-10-11-20-18(14-17)15-19(23(29)25-20)16-28(13-12-27(2)3)24(31)26-21-8-6-7-9-22(21)30-4/h6-11,14-15H,5,12-13,16H2,1-4H3,(H,25,29)(H,26,31). The van der Waals surface area contributed by atoms with Gasteiger partial charge in [0.1, 0.15) is 5.75 Å². The fraction of sp³-hybridized carbons (Fsp3) is 0.333. The highest BCUT2D eigenvalue weighted by Gasteiger charge is 2.15. The number of thiocarbonyl (C=S) groups is 1. The topological polar surface area (TPSA) is 60.6 Å². The van der Waals surface area contributed by atoms with Crippen molar-refractivity contribution in [1.29, 1.82) is 0 Å². The maximum absolute atomic E-state index is 12.8. The van der Waals surface area contributed by atoms with Crippen LogP contribution in [0.3, 0.4) is 0 Å². The maximum atomic E-state index is 12.8. The third kappa shape index (κ3) is 5.83. The molecule has 3 rings (SSSR count). The van der Waals surface area contributed by atoms with E-state index in [0.29, 0.717) is 29.5 Å². The van der Waals surface area contributed by atoms with Crippen LogP contribution in [-0.2, 0) is 13.0 Å². The summed E-state index contributed by atoms with van der Waals surface area (Å²) in [5.74, 6) is 0.716. The van der Waals surface area contributed by atoms with Gasteiger partial charge in [-0.25, -0.2) is 0 Å². The zero-order valence-corrected chi connectivity index (χ0v) is 19.4. The number of anilines is 1. The van der Waals surface area contributed by atoms with Gasteiger partial charge in [-0.3, -0.25) is 4.79 Å². The highest BCUT2D eigenvalue weighted by Crippen LogP contribution is 2.24. The number of hydrogen-bond donors (Lipinski definition) is 2. The number of aromatic nitrogens is 1. The quantitative estimate of drug-likeness (QED) is 0.521. The first kappa shape index (κ1) is 22.8. The molecule has 0 amide bonds. The van der Waals surface area contributed by atoms with Crippen molar-refractivity contribution < 1.29 is 4.74 Å². The van der Waals surface area contributed by atoms with Gasteiger partial charge in [-0.1, -0.05) is 25.1 Å². The van der Waals surface area contributed by atoms with E-state index in [4.69, 9.17) is 17.0 Å². The van der Waals surface area contributed by atoms with E-state index in [1.807, 2.05) is 61.5 Å². The highest BCUT2D eigenvalue weighted by molar-refractivity contribution is 7.80. The SMILES string of the molecule is CCc1ccc2[nH]c(=O)c(CN(CCN(C)C)C(=S)Nc3ccccc3OC)cc2c1. The molecule has 0 atom stereocenters. The minimum atomic E-state index is -0.0910. The van der Waals surface area contributed by atoms with Gasteiger partial charge in [0.2, 0.25) is 0 Å². The Balaban J connectivity index is 1.89. The minimum Gasteiger partial charge on any atom is -0.495 e. The van der Waals surface area contributed by atoms with Crippen LogP contribution >= 0.6 is 12.2 Å². The number of hydrogen-bond acceptors (Lipinski definition) is 4. The third-order valence-corrected chi connectivity index (χ3v) is 5.57. The molecular formula is C24H30N4O2S. The number of nitrogens with one attached hydrogen (secondary N) is 2. The summed E-state index contributed by atoms with van der Waals surface area (Å²) < 4.78 is 5.43. The molecule has 3 aromatic rings. The second-order valence-electron chi connectivity index (χ2n) is 7.75. The van der Waals surface area contributed by atoms with Crippen molar-refractivity contribution in [2.45, 2.75) is 19.9 Å². The fourth-order valence-corrected chi connectivity index (χ4v) is 3.63. The smallest absolute Gasteiger partial charge is 0.253 e. The number of benzene rings is 2. The summed E-state index contributed by atoms with van der Waals surface area (Å²) in [5, 5.41) is 4.86. The Hall–Kier alpha value is -2.90. The summed E-state index contributed by atoms with van der Waals surface area (Å²) in [7, 11) is 5.67. The average Bonchev–Trinajstić information content (AvgIpc) is 2.76. The first-order valence-corrected chi connectivity index (χ1v) is 10.8. The van der Waals surface area contributed by atoms with Crippen molar-refractivity contribution in [3.8, 4) is 5.75 Å². The molecule has 0 bridgehead atoms. The molecule has 31 heavy (non-hydrogen) atoms. The lowest BCUT2D eigenvalue weighted by Crippen LogP contribution is -2.40. The van der Waals surface area contributed by atoms with Gasteiger partial charge < -0.3 is 24.8 Å². The van der Waals surface area contributed by atoms with Crippen LogP contribution in [0.15, 0.2) is 53.3 Å². The molecule has 0 spiro atoms. The molecule has 2 aromatic carbocycles. The molecule has 2 N–H and O–H groups in total. The van der Waals surface area contributed by atoms with E-state index in [1.54, 1.807) is 7.11 Å². The second kappa shape index (κ2) is 10.4. The van der Waals surface area contributed by atoms with Gasteiger partial charge in [-0.2, -0.15) is 0 Å². The predicted molar refractivity (Wildman–Crippen MR) is 132 cm³/mol. The largest absolute Gasteiger partial charge is 0.495 e. The number of pyridine rings is 1. The Morgan fingerprint density at radius 2 is 1.90 bits per heavy atom. The summed E-state index contributed by atoms with van der Waals surface area (Å²) >= 11 is 5.72. The summed E-state index contributed by atoms with van der Waals surface area (Å²) in [6.07, 6.45) is 0.951. The number of H-pyrrole nitrogens is 1. The van der Waals surface area contributed by atoms with Crippen LogP contribution in [0.25, 0.3) is 10.9 Å². The molecule has 0 saturated heterocycles. The van der Waals surface area contributed by atoms with E-state index in [9.17, 15) is 4.79 Å². The fourth-order valence-electron chi connectivity index (χ4n) is 3.36. The van der Waals surface area contributed by atoms with E-state index < -0.39 is 0 Å². The van der Waals surface area contributed by atoms with Crippen LogP contribution < -0.4 is 15.6 Å². The monoisotopic (exact) mass is 438 g/mol. The zero-order valence-electron chi connectivity index (χ0n) is 18.6. The molecule has 0 unspecified atom stereocenters. The molecule has 0 aliphatic carbocycles. The molecular weight excluding hydrogens is 408 g/mol. The molecule has 7 heteroatoms. The van der Waals surface area contributed by atoms with Gasteiger partial charge in [0.05, 0.1) is 19.3 Å². The van der Waals surface area contributed by atoms with E-state index in [-0.39, 0.29) is 5.56 Å². The van der Waals surface area contributed by atoms with Gasteiger partial charge in [0, 0.05) is 24.2 Å². The summed E-state index contributed by atoms with van der Waals surface area (Å²) in [6, 6.07) is 15.8. The molecule has 0 saturated carbocycles. The highest BCUT2D eigenvalue weighted by atomic mass is 32.1. The Morgan fingerprint density at radius 1 is 1.13 bits per heavy atom. The van der Waals surface area contributed by atoms with Gasteiger partial charge >= 0.3 is 0 Å². The third-order valence-electron chi connectivity index (χ3n) is 5.21. The Kier molecular flexibility index (Phi) is 7.65. The van der Waals surface area contributed by atoms with Gasteiger partial charge in [-0.15, -0.1) is 0 Å². The van der Waals surface area contributed by atoms with Crippen molar-refractivity contribution in [2.24, 2.45) is 0 Å². The van der Waals surface area contributed by atoms with Crippen LogP contribution in [0.1, 0.15) is 18.1 Å². The van der Waals surface area contributed by atoms with Crippen molar-refractivity contribution in [3.05, 3.63) is 70.0 Å². The number of methoxy groups -OCH3 is 1. The summed E-state index contributed by atoms with van der Waals surface area (Å²) in [4.78, 5) is 19.9. The van der Waals surface area contributed by atoms with E-state index in [1.165, 1.54) is 5.56 Å². The van der Waals surface area contributed by atoms with Crippen LogP contribution in [0, 0.1) is 0 Å². The van der Waals surface area contributed by atoms with Crippen LogP contribution in [0.5, 0.6) is 5.75 Å². The Labute approximate surface area is 188 Å². The number of para-hydroxylation sites is 2. The van der Waals surface area contributed by atoms with Gasteiger partial charge in [0.15, 0.2) is 5.11 Å². The Morgan fingerprint density at radius 3 is 2.61 bits per heavy atom. The molecule has 0 radical (unpaired) electrons. The number of ether oxygens (including phenoxy) is 1. The number of aromatic amines is 1. The second-order valence-corrected chi connectivity index (χ2v) is 8.14. The van der Waals surface area contributed by atoms with Gasteiger partial charge in [-0.05, 0) is 74.0 Å². The number of nitrogens with zero attached hydrogens (tertiary/aromatic N) is 2. The normalized spacial score (nSPS) is 11.0. The maximum Gasteiger partial charge on any atom is 0.253 e. The zero-order chi connectivity index (χ0) is 22.4. The predicted octanol–water partition coefficient (Wildman–Crippen LogP) is 3.86. The molecule has 164 valence electrons. The van der Waals surface area contributed by atoms with Crippen LogP contribution in [0.2, 0.25) is 0 Å². The number of likely N-dealkylation sites (N-methyl/N-ethyl adjacent to an activating group) is 1. The lowest BCUT2D eigenvalue weighted by atomic mass is 10.1. The minimum absolute atomic E-state index is 0.0910. The van der Waals surface area contributed by atoms with Crippen LogP contribution in [0.4, 0.5) is 5.69 Å².